The number of ether oxygens (including phenoxy) is 5. The van der Waals surface area contributed by atoms with Crippen molar-refractivity contribution in [2.75, 3.05) is 13.2 Å². The molecule has 7 heteroatoms. The fourth-order valence-corrected chi connectivity index (χ4v) is 9.11. The van der Waals surface area contributed by atoms with Gasteiger partial charge in [0.15, 0.2) is 0 Å². The summed E-state index contributed by atoms with van der Waals surface area (Å²) in [6, 6.07) is 54.0. The first-order valence-electron chi connectivity index (χ1n) is 19.8. The van der Waals surface area contributed by atoms with E-state index in [1.54, 1.807) is 0 Å². The Balaban J connectivity index is 1.26. The highest BCUT2D eigenvalue weighted by molar-refractivity contribution is 8.00. The summed E-state index contributed by atoms with van der Waals surface area (Å²) in [6.45, 7) is 7.02. The summed E-state index contributed by atoms with van der Waals surface area (Å²) in [5.74, 6) is 0.877. The lowest BCUT2D eigenvalue weighted by Crippen LogP contribution is -2.54. The molecule has 0 saturated carbocycles. The molecule has 1 fully saturated rings. The van der Waals surface area contributed by atoms with Gasteiger partial charge in [-0.25, -0.2) is 0 Å². The van der Waals surface area contributed by atoms with E-state index in [1.165, 1.54) is 11.1 Å². The van der Waals surface area contributed by atoms with E-state index in [2.05, 4.69) is 91.9 Å². The predicted octanol–water partition coefficient (Wildman–Crippen LogP) is 11.8. The van der Waals surface area contributed by atoms with Crippen LogP contribution in [0.1, 0.15) is 56.7 Å². The van der Waals surface area contributed by atoms with E-state index in [-0.39, 0.29) is 22.7 Å². The summed E-state index contributed by atoms with van der Waals surface area (Å²) >= 11 is 8.84. The van der Waals surface area contributed by atoms with Crippen LogP contribution >= 0.6 is 23.4 Å². The van der Waals surface area contributed by atoms with Crippen LogP contribution < -0.4 is 4.74 Å². The highest BCUT2D eigenvalue weighted by atomic mass is 35.5. The molecular weight excluding hydrogens is 748 g/mol. The first kappa shape index (κ1) is 40.8. The number of hydrogen-bond donors (Lipinski definition) is 0. The predicted molar refractivity (Wildman–Crippen MR) is 232 cm³/mol. The average molecular weight is 799 g/mol. The Labute approximate surface area is 347 Å². The minimum atomic E-state index is -0.429. The topological polar surface area (TPSA) is 46.2 Å². The Morgan fingerprint density at radius 2 is 1.07 bits per heavy atom. The van der Waals surface area contributed by atoms with Gasteiger partial charge in [-0.15, -0.1) is 11.8 Å². The van der Waals surface area contributed by atoms with E-state index in [0.717, 1.165) is 44.2 Å². The van der Waals surface area contributed by atoms with Crippen molar-refractivity contribution >= 4 is 23.4 Å². The first-order chi connectivity index (χ1) is 28.0. The van der Waals surface area contributed by atoms with Crippen LogP contribution in [0.25, 0.3) is 0 Å². The molecule has 1 heterocycles. The van der Waals surface area contributed by atoms with E-state index >= 15 is 0 Å². The summed E-state index contributed by atoms with van der Waals surface area (Å²) < 4.78 is 33.4. The number of benzene rings is 6. The fraction of sp³-hybridized carbons (Fsp3) is 0.280. The number of hydrogen-bond acceptors (Lipinski definition) is 6. The lowest BCUT2D eigenvalue weighted by atomic mass is 9.93. The lowest BCUT2D eigenvalue weighted by molar-refractivity contribution is -0.160. The van der Waals surface area contributed by atoms with Crippen molar-refractivity contribution in [1.29, 1.82) is 0 Å². The Bertz CT molecular complexity index is 2100. The van der Waals surface area contributed by atoms with E-state index < -0.39 is 6.10 Å². The maximum atomic E-state index is 7.07. The van der Waals surface area contributed by atoms with Crippen LogP contribution in [0.2, 0.25) is 5.02 Å². The normalized spacial score (nSPS) is 19.3. The zero-order chi connectivity index (χ0) is 39.2. The van der Waals surface area contributed by atoms with Gasteiger partial charge in [-0.3, -0.25) is 0 Å². The molecule has 0 bridgehead atoms. The summed E-state index contributed by atoms with van der Waals surface area (Å²) in [5.41, 5.74) is 8.98. The van der Waals surface area contributed by atoms with Crippen molar-refractivity contribution in [3.63, 3.8) is 0 Å². The highest BCUT2D eigenvalue weighted by Gasteiger charge is 2.48. The van der Waals surface area contributed by atoms with Gasteiger partial charge in [0.05, 0.1) is 50.1 Å². The fourth-order valence-electron chi connectivity index (χ4n) is 7.29. The Morgan fingerprint density at radius 1 is 0.544 bits per heavy atom. The van der Waals surface area contributed by atoms with Gasteiger partial charge in [0.2, 0.25) is 0 Å². The Morgan fingerprint density at radius 3 is 1.61 bits per heavy atom. The van der Waals surface area contributed by atoms with Gasteiger partial charge in [-0.05, 0) is 83.0 Å². The van der Waals surface area contributed by atoms with Crippen LogP contribution in [0.4, 0.5) is 0 Å². The number of thioether (sulfide) groups is 1. The maximum Gasteiger partial charge on any atom is 0.119 e. The Hall–Kier alpha value is -4.40. The highest BCUT2D eigenvalue weighted by Crippen LogP contribution is 2.48. The van der Waals surface area contributed by atoms with Crippen LogP contribution in [0, 0.1) is 6.92 Å². The minimum Gasteiger partial charge on any atom is -0.494 e. The molecule has 0 radical (unpaired) electrons. The molecule has 57 heavy (non-hydrogen) atoms. The molecule has 6 aromatic carbocycles. The molecule has 0 aromatic heterocycles. The van der Waals surface area contributed by atoms with Gasteiger partial charge in [0, 0.05) is 5.02 Å². The second-order valence-corrected chi connectivity index (χ2v) is 16.2. The smallest absolute Gasteiger partial charge is 0.119 e. The molecule has 0 aliphatic carbocycles. The first-order valence-corrected chi connectivity index (χ1v) is 21.1. The van der Waals surface area contributed by atoms with Crippen LogP contribution in [0.3, 0.4) is 0 Å². The van der Waals surface area contributed by atoms with Crippen molar-refractivity contribution in [3.8, 4) is 5.75 Å². The zero-order valence-corrected chi connectivity index (χ0v) is 34.2. The minimum absolute atomic E-state index is 0.0766. The second kappa shape index (κ2) is 20.9. The second-order valence-electron chi connectivity index (χ2n) is 14.4. The van der Waals surface area contributed by atoms with E-state index in [9.17, 15) is 0 Å². The number of aryl methyl sites for hydroxylation is 1. The molecule has 1 saturated heterocycles. The molecule has 1 aliphatic heterocycles. The van der Waals surface area contributed by atoms with Crippen LogP contribution in [0.15, 0.2) is 158 Å². The molecule has 7 rings (SSSR count). The van der Waals surface area contributed by atoms with Gasteiger partial charge >= 0.3 is 0 Å². The van der Waals surface area contributed by atoms with Crippen LogP contribution in [-0.4, -0.2) is 36.8 Å². The largest absolute Gasteiger partial charge is 0.494 e. The van der Waals surface area contributed by atoms with Crippen molar-refractivity contribution < 1.29 is 23.7 Å². The van der Waals surface area contributed by atoms with E-state index in [1.807, 2.05) is 91.5 Å². The third kappa shape index (κ3) is 11.4. The van der Waals surface area contributed by atoms with Crippen LogP contribution in [0.5, 0.6) is 5.75 Å². The number of halogens is 1. The molecule has 0 N–H and O–H groups in total. The molecule has 6 aromatic rings. The van der Waals surface area contributed by atoms with Gasteiger partial charge < -0.3 is 23.7 Å². The lowest BCUT2D eigenvalue weighted by Gasteiger charge is -2.46. The summed E-state index contributed by atoms with van der Waals surface area (Å²) in [7, 11) is 0. The van der Waals surface area contributed by atoms with Crippen molar-refractivity contribution in [2.24, 2.45) is 0 Å². The molecule has 1 aliphatic rings. The average Bonchev–Trinajstić information content (AvgIpc) is 3.25. The molecule has 0 amide bonds. The third-order valence-corrected chi connectivity index (χ3v) is 12.2. The van der Waals surface area contributed by atoms with Gasteiger partial charge in [-0.2, -0.15) is 0 Å². The van der Waals surface area contributed by atoms with Gasteiger partial charge in [-0.1, -0.05) is 151 Å². The van der Waals surface area contributed by atoms with Gasteiger partial charge in [0.25, 0.3) is 0 Å². The molecular formula is C50H51ClO5S. The summed E-state index contributed by atoms with van der Waals surface area (Å²) in [6.07, 6.45) is -0.448. The molecule has 294 valence electrons. The molecule has 0 spiro atoms. The van der Waals surface area contributed by atoms with Crippen molar-refractivity contribution in [2.45, 2.75) is 75.5 Å². The van der Waals surface area contributed by atoms with Crippen LogP contribution in [-0.2, 0) is 51.8 Å². The zero-order valence-electron chi connectivity index (χ0n) is 32.7. The molecule has 0 unspecified atom stereocenters. The van der Waals surface area contributed by atoms with E-state index in [0.29, 0.717) is 46.1 Å². The van der Waals surface area contributed by atoms with Crippen molar-refractivity contribution in [3.05, 3.63) is 207 Å². The van der Waals surface area contributed by atoms with Crippen molar-refractivity contribution in [1.82, 2.24) is 0 Å². The molecule has 5 atom stereocenters. The standard InChI is InChI=1S/C50H51ClO5S/c1-3-53-44-26-24-41(36(2)28-44)29-43-30-42(25-27-45(43)51)50-49(56-34-40-22-14-7-15-23-40)48(55-33-39-20-12-6-13-21-39)47(54-32-38-18-10-5-11-19-38)46(57-50)35-52-31-37-16-8-4-9-17-37/h4-28,30,46-50H,3,29,31-35H2,1-2H3/t46-,47-,48+,49-,50+/m1/s1. The SMILES string of the molecule is CCOc1ccc(Cc2cc([C@@H]3S[C@H](COCc4ccccc4)[C@@H](OCc4ccccc4)[C@H](OCc4ccccc4)[C@H]3OCc3ccccc3)ccc2Cl)c(C)c1. The number of rotatable bonds is 18. The molecule has 5 nitrogen and oxygen atoms in total. The summed E-state index contributed by atoms with van der Waals surface area (Å²) in [5, 5.41) is 0.541. The summed E-state index contributed by atoms with van der Waals surface area (Å²) in [4.78, 5) is 0. The van der Waals surface area contributed by atoms with Gasteiger partial charge in [0.1, 0.15) is 24.1 Å². The Kier molecular flexibility index (Phi) is 14.9. The third-order valence-electron chi connectivity index (χ3n) is 10.3. The monoisotopic (exact) mass is 798 g/mol. The maximum absolute atomic E-state index is 7.07. The van der Waals surface area contributed by atoms with E-state index in [4.69, 9.17) is 35.3 Å². The quantitative estimate of drug-likeness (QED) is 0.0863.